The smallest absolute Gasteiger partial charge is 0.326 e. The highest BCUT2D eigenvalue weighted by molar-refractivity contribution is 5.88. The predicted octanol–water partition coefficient (Wildman–Crippen LogP) is 1.44. The topological polar surface area (TPSA) is 95.5 Å². The molecule has 1 saturated carbocycles. The molecule has 1 rings (SSSR count). The maximum atomic E-state index is 11.9. The molecule has 0 aromatic carbocycles. The lowest BCUT2D eigenvalue weighted by atomic mass is 9.89. The number of aliphatic carboxylic acids is 1. The van der Waals surface area contributed by atoms with Gasteiger partial charge in [-0.1, -0.05) is 39.0 Å². The van der Waals surface area contributed by atoms with Gasteiger partial charge in [-0.05, 0) is 19.3 Å². The highest BCUT2D eigenvalue weighted by Gasteiger charge is 2.23. The standard InChI is InChI=1S/C15H26N2O4/c1-2-3-9-12(15(20)21)17-13(18)10-16-14(19)11-7-5-4-6-8-11/h11-12H,2-10H2,1H3,(H,16,19)(H,17,18)(H,20,21)/t12-/m0/s1. The van der Waals surface area contributed by atoms with E-state index in [2.05, 4.69) is 10.6 Å². The molecule has 120 valence electrons. The zero-order valence-corrected chi connectivity index (χ0v) is 12.7. The van der Waals surface area contributed by atoms with Crippen molar-refractivity contribution in [1.29, 1.82) is 0 Å². The molecule has 3 N–H and O–H groups in total. The summed E-state index contributed by atoms with van der Waals surface area (Å²) in [5, 5.41) is 14.1. The van der Waals surface area contributed by atoms with E-state index < -0.39 is 17.9 Å². The van der Waals surface area contributed by atoms with Crippen molar-refractivity contribution in [3.05, 3.63) is 0 Å². The van der Waals surface area contributed by atoms with Gasteiger partial charge in [-0.25, -0.2) is 4.79 Å². The molecule has 0 heterocycles. The predicted molar refractivity (Wildman–Crippen MR) is 78.7 cm³/mol. The highest BCUT2D eigenvalue weighted by atomic mass is 16.4. The second kappa shape index (κ2) is 9.37. The number of carbonyl (C=O) groups is 3. The van der Waals surface area contributed by atoms with Gasteiger partial charge in [0.25, 0.3) is 0 Å². The van der Waals surface area contributed by atoms with E-state index in [1.54, 1.807) is 0 Å². The molecule has 0 aliphatic heterocycles. The van der Waals surface area contributed by atoms with Gasteiger partial charge in [0.1, 0.15) is 6.04 Å². The monoisotopic (exact) mass is 298 g/mol. The van der Waals surface area contributed by atoms with Crippen molar-refractivity contribution in [2.24, 2.45) is 5.92 Å². The SMILES string of the molecule is CCCC[C@H](NC(=O)CNC(=O)C1CCCCC1)C(=O)O. The van der Waals surface area contributed by atoms with Crippen molar-refractivity contribution in [1.82, 2.24) is 10.6 Å². The van der Waals surface area contributed by atoms with Gasteiger partial charge in [0, 0.05) is 5.92 Å². The second-order valence-electron chi connectivity index (χ2n) is 5.65. The number of rotatable bonds is 8. The fourth-order valence-corrected chi connectivity index (χ4v) is 2.59. The highest BCUT2D eigenvalue weighted by Crippen LogP contribution is 2.23. The number of hydrogen-bond acceptors (Lipinski definition) is 3. The number of hydrogen-bond donors (Lipinski definition) is 3. The Labute approximate surface area is 125 Å². The van der Waals surface area contributed by atoms with Crippen LogP contribution in [0, 0.1) is 5.92 Å². The van der Waals surface area contributed by atoms with Crippen molar-refractivity contribution in [2.75, 3.05) is 6.54 Å². The van der Waals surface area contributed by atoms with Crippen LogP contribution in [0.2, 0.25) is 0 Å². The van der Waals surface area contributed by atoms with Crippen LogP contribution in [-0.4, -0.2) is 35.5 Å². The van der Waals surface area contributed by atoms with Crippen LogP contribution in [-0.2, 0) is 14.4 Å². The van der Waals surface area contributed by atoms with Crippen LogP contribution >= 0.6 is 0 Å². The lowest BCUT2D eigenvalue weighted by Crippen LogP contribution is -2.46. The lowest BCUT2D eigenvalue weighted by Gasteiger charge is -2.21. The second-order valence-corrected chi connectivity index (χ2v) is 5.65. The third kappa shape index (κ3) is 6.60. The minimum absolute atomic E-state index is 0.00177. The third-order valence-corrected chi connectivity index (χ3v) is 3.88. The molecule has 1 atom stereocenters. The Kier molecular flexibility index (Phi) is 7.79. The first-order valence-corrected chi connectivity index (χ1v) is 7.84. The van der Waals surface area contributed by atoms with Crippen molar-refractivity contribution in [3.63, 3.8) is 0 Å². The Hall–Kier alpha value is -1.59. The van der Waals surface area contributed by atoms with E-state index in [1.165, 1.54) is 6.42 Å². The largest absolute Gasteiger partial charge is 0.480 e. The molecule has 1 aliphatic carbocycles. The van der Waals surface area contributed by atoms with E-state index in [9.17, 15) is 14.4 Å². The number of amides is 2. The first-order valence-electron chi connectivity index (χ1n) is 7.84. The van der Waals surface area contributed by atoms with Crippen molar-refractivity contribution in [3.8, 4) is 0 Å². The Morgan fingerprint density at radius 2 is 1.86 bits per heavy atom. The molecule has 0 radical (unpaired) electrons. The summed E-state index contributed by atoms with van der Waals surface area (Å²) in [7, 11) is 0. The average molecular weight is 298 g/mol. The van der Waals surface area contributed by atoms with Gasteiger partial charge in [0.05, 0.1) is 6.54 Å². The molecule has 2 amide bonds. The number of carboxylic acid groups (broad SMARTS) is 1. The molecule has 6 heteroatoms. The van der Waals surface area contributed by atoms with Gasteiger partial charge >= 0.3 is 5.97 Å². The summed E-state index contributed by atoms with van der Waals surface area (Å²) in [4.78, 5) is 34.6. The third-order valence-electron chi connectivity index (χ3n) is 3.88. The molecule has 1 aliphatic rings. The van der Waals surface area contributed by atoms with Crippen LogP contribution < -0.4 is 10.6 Å². The molecule has 0 saturated heterocycles. The van der Waals surface area contributed by atoms with Gasteiger partial charge in [0.15, 0.2) is 0 Å². The van der Waals surface area contributed by atoms with Crippen molar-refractivity contribution >= 4 is 17.8 Å². The molecule has 0 aromatic heterocycles. The van der Waals surface area contributed by atoms with Crippen LogP contribution in [0.25, 0.3) is 0 Å². The minimum Gasteiger partial charge on any atom is -0.480 e. The van der Waals surface area contributed by atoms with Crippen LogP contribution in [0.5, 0.6) is 0 Å². The summed E-state index contributed by atoms with van der Waals surface area (Å²) in [6, 6.07) is -0.871. The fraction of sp³-hybridized carbons (Fsp3) is 0.800. The maximum Gasteiger partial charge on any atom is 0.326 e. The average Bonchev–Trinajstić information content (AvgIpc) is 2.49. The molecule has 0 spiro atoms. The first kappa shape index (κ1) is 17.5. The molecular weight excluding hydrogens is 272 g/mol. The van der Waals surface area contributed by atoms with E-state index in [0.717, 1.165) is 38.5 Å². The quantitative estimate of drug-likeness (QED) is 0.632. The van der Waals surface area contributed by atoms with E-state index in [-0.39, 0.29) is 18.4 Å². The van der Waals surface area contributed by atoms with E-state index in [1.807, 2.05) is 6.92 Å². The summed E-state index contributed by atoms with van der Waals surface area (Å²) < 4.78 is 0. The summed E-state index contributed by atoms with van der Waals surface area (Å²) in [5.74, 6) is -1.56. The summed E-state index contributed by atoms with van der Waals surface area (Å²) in [5.41, 5.74) is 0. The van der Waals surface area contributed by atoms with Gasteiger partial charge in [-0.3, -0.25) is 9.59 Å². The number of carboxylic acids is 1. The van der Waals surface area contributed by atoms with Crippen LogP contribution in [0.3, 0.4) is 0 Å². The maximum absolute atomic E-state index is 11.9. The molecule has 0 aromatic rings. The van der Waals surface area contributed by atoms with Crippen LogP contribution in [0.4, 0.5) is 0 Å². The molecule has 21 heavy (non-hydrogen) atoms. The number of unbranched alkanes of at least 4 members (excludes halogenated alkanes) is 1. The lowest BCUT2D eigenvalue weighted by molar-refractivity contribution is -0.142. The number of nitrogens with one attached hydrogen (secondary N) is 2. The van der Waals surface area contributed by atoms with Crippen LogP contribution in [0.1, 0.15) is 58.3 Å². The van der Waals surface area contributed by atoms with Gasteiger partial charge in [-0.15, -0.1) is 0 Å². The zero-order valence-electron chi connectivity index (χ0n) is 12.7. The van der Waals surface area contributed by atoms with E-state index >= 15 is 0 Å². The van der Waals surface area contributed by atoms with Crippen molar-refractivity contribution < 1.29 is 19.5 Å². The zero-order chi connectivity index (χ0) is 15.7. The fourth-order valence-electron chi connectivity index (χ4n) is 2.59. The first-order chi connectivity index (χ1) is 10.0. The number of carbonyl (C=O) groups excluding carboxylic acids is 2. The molecule has 0 bridgehead atoms. The van der Waals surface area contributed by atoms with Gasteiger partial charge in [0.2, 0.25) is 11.8 Å². The van der Waals surface area contributed by atoms with Gasteiger partial charge in [-0.2, -0.15) is 0 Å². The molecule has 6 nitrogen and oxygen atoms in total. The van der Waals surface area contributed by atoms with Crippen LogP contribution in [0.15, 0.2) is 0 Å². The summed E-state index contributed by atoms with van der Waals surface area (Å²) in [6.07, 6.45) is 7.06. The molecular formula is C15H26N2O4. The Balaban J connectivity index is 2.31. The van der Waals surface area contributed by atoms with Crippen molar-refractivity contribution in [2.45, 2.75) is 64.3 Å². The summed E-state index contributed by atoms with van der Waals surface area (Å²) >= 11 is 0. The molecule has 1 fully saturated rings. The summed E-state index contributed by atoms with van der Waals surface area (Å²) in [6.45, 7) is 1.82. The minimum atomic E-state index is -1.03. The Morgan fingerprint density at radius 3 is 2.43 bits per heavy atom. The normalized spacial score (nSPS) is 17.0. The van der Waals surface area contributed by atoms with Gasteiger partial charge < -0.3 is 15.7 Å². The Bertz CT molecular complexity index is 365. The van der Waals surface area contributed by atoms with E-state index in [4.69, 9.17) is 5.11 Å². The Morgan fingerprint density at radius 1 is 1.19 bits per heavy atom. The molecule has 0 unspecified atom stereocenters. The van der Waals surface area contributed by atoms with E-state index in [0.29, 0.717) is 6.42 Å².